The SMILES string of the molecule is C#C.CC1CCCCC1.O=C1NCCO1. The predicted molar refractivity (Wildman–Crippen MR) is 61.5 cm³/mol. The summed E-state index contributed by atoms with van der Waals surface area (Å²) >= 11 is 0. The van der Waals surface area contributed by atoms with Gasteiger partial charge in [-0.3, -0.25) is 0 Å². The highest BCUT2D eigenvalue weighted by atomic mass is 16.6. The summed E-state index contributed by atoms with van der Waals surface area (Å²) in [5, 5.41) is 2.46. The lowest BCUT2D eigenvalue weighted by molar-refractivity contribution is 0.178. The van der Waals surface area contributed by atoms with E-state index in [-0.39, 0.29) is 6.09 Å². The van der Waals surface area contributed by atoms with E-state index in [1.54, 1.807) is 0 Å². The first kappa shape index (κ1) is 13.8. The predicted octanol–water partition coefficient (Wildman–Crippen LogP) is 2.56. The molecular weight excluding hydrogens is 190 g/mol. The molecular formula is C12H21NO2. The van der Waals surface area contributed by atoms with Gasteiger partial charge in [0.05, 0.1) is 6.54 Å². The Morgan fingerprint density at radius 2 is 1.87 bits per heavy atom. The van der Waals surface area contributed by atoms with Crippen molar-refractivity contribution in [1.82, 2.24) is 5.32 Å². The molecule has 1 aliphatic heterocycles. The van der Waals surface area contributed by atoms with Crippen molar-refractivity contribution in [3.63, 3.8) is 0 Å². The molecule has 0 aromatic carbocycles. The van der Waals surface area contributed by atoms with Crippen LogP contribution >= 0.6 is 0 Å². The van der Waals surface area contributed by atoms with Gasteiger partial charge in [0.15, 0.2) is 0 Å². The summed E-state index contributed by atoms with van der Waals surface area (Å²) in [5.74, 6) is 1.04. The number of alkyl carbamates (subject to hydrolysis) is 1. The Labute approximate surface area is 92.6 Å². The summed E-state index contributed by atoms with van der Waals surface area (Å²) < 4.78 is 4.40. The highest BCUT2D eigenvalue weighted by Crippen LogP contribution is 2.22. The van der Waals surface area contributed by atoms with Crippen molar-refractivity contribution >= 4 is 6.09 Å². The third-order valence-electron chi connectivity index (χ3n) is 2.50. The van der Waals surface area contributed by atoms with Crippen molar-refractivity contribution in [1.29, 1.82) is 0 Å². The third kappa shape index (κ3) is 7.87. The zero-order chi connectivity index (χ0) is 11.5. The molecule has 1 aliphatic carbocycles. The fraction of sp³-hybridized carbons (Fsp3) is 0.750. The summed E-state index contributed by atoms with van der Waals surface area (Å²) in [7, 11) is 0. The average molecular weight is 211 g/mol. The second-order valence-corrected chi connectivity index (χ2v) is 3.81. The van der Waals surface area contributed by atoms with Gasteiger partial charge in [0.1, 0.15) is 6.61 Å². The molecule has 2 fully saturated rings. The highest BCUT2D eigenvalue weighted by molar-refractivity contribution is 5.68. The van der Waals surface area contributed by atoms with E-state index in [9.17, 15) is 4.79 Å². The average Bonchev–Trinajstić information content (AvgIpc) is 2.74. The molecule has 3 heteroatoms. The van der Waals surface area contributed by atoms with Gasteiger partial charge in [-0.25, -0.2) is 4.79 Å². The van der Waals surface area contributed by atoms with Crippen LogP contribution in [0.4, 0.5) is 4.79 Å². The van der Waals surface area contributed by atoms with E-state index < -0.39 is 0 Å². The number of amides is 1. The van der Waals surface area contributed by atoms with Gasteiger partial charge in [0.2, 0.25) is 0 Å². The second-order valence-electron chi connectivity index (χ2n) is 3.81. The molecule has 0 aromatic rings. The van der Waals surface area contributed by atoms with Crippen molar-refractivity contribution in [2.75, 3.05) is 13.2 Å². The number of cyclic esters (lactones) is 1. The van der Waals surface area contributed by atoms with Crippen molar-refractivity contribution in [2.24, 2.45) is 5.92 Å². The first-order valence-electron chi connectivity index (χ1n) is 5.53. The molecule has 1 heterocycles. The molecule has 0 unspecified atom stereocenters. The quantitative estimate of drug-likeness (QED) is 0.625. The largest absolute Gasteiger partial charge is 0.448 e. The zero-order valence-corrected chi connectivity index (χ0v) is 9.50. The normalized spacial score (nSPS) is 19.8. The lowest BCUT2D eigenvalue weighted by atomic mass is 9.91. The van der Waals surface area contributed by atoms with Gasteiger partial charge in [0, 0.05) is 0 Å². The second kappa shape index (κ2) is 9.39. The summed E-state index contributed by atoms with van der Waals surface area (Å²) in [5.41, 5.74) is 0. The molecule has 1 N–H and O–H groups in total. The Balaban J connectivity index is 0.000000227. The van der Waals surface area contributed by atoms with Gasteiger partial charge < -0.3 is 10.1 Å². The molecule has 2 rings (SSSR count). The van der Waals surface area contributed by atoms with Crippen molar-refractivity contribution in [3.05, 3.63) is 0 Å². The summed E-state index contributed by atoms with van der Waals surface area (Å²) in [6, 6.07) is 0. The van der Waals surface area contributed by atoms with Crippen molar-refractivity contribution < 1.29 is 9.53 Å². The summed E-state index contributed by atoms with van der Waals surface area (Å²) in [4.78, 5) is 9.91. The standard InChI is InChI=1S/C7H14.C3H5NO2.C2H2/c1-7-5-3-2-4-6-7;5-3-4-1-2-6-3;1-2/h7H,2-6H2,1H3;1-2H2,(H,4,5);1-2H. The number of carbonyl (C=O) groups is 1. The Bertz CT molecular complexity index is 175. The van der Waals surface area contributed by atoms with E-state index in [1.807, 2.05) is 0 Å². The topological polar surface area (TPSA) is 38.3 Å². The molecule has 0 aromatic heterocycles. The van der Waals surface area contributed by atoms with Crippen LogP contribution in [0.2, 0.25) is 0 Å². The lowest BCUT2D eigenvalue weighted by Crippen LogP contribution is -2.11. The number of carbonyl (C=O) groups excluding carboxylic acids is 1. The molecule has 86 valence electrons. The minimum atomic E-state index is -0.296. The van der Waals surface area contributed by atoms with Gasteiger partial charge in [-0.2, -0.15) is 0 Å². The van der Waals surface area contributed by atoms with Crippen LogP contribution in [-0.4, -0.2) is 19.2 Å². The smallest absolute Gasteiger partial charge is 0.407 e. The lowest BCUT2D eigenvalue weighted by Gasteiger charge is -2.15. The maximum atomic E-state index is 9.91. The Morgan fingerprint density at radius 3 is 2.07 bits per heavy atom. The third-order valence-corrected chi connectivity index (χ3v) is 2.50. The first-order chi connectivity index (χ1) is 7.29. The number of nitrogens with one attached hydrogen (secondary N) is 1. The van der Waals surface area contributed by atoms with Crippen LogP contribution in [0.5, 0.6) is 0 Å². The first-order valence-corrected chi connectivity index (χ1v) is 5.53. The van der Waals surface area contributed by atoms with Crippen LogP contribution in [0.15, 0.2) is 0 Å². The Morgan fingerprint density at radius 1 is 1.27 bits per heavy atom. The van der Waals surface area contributed by atoms with E-state index in [0.717, 1.165) is 5.92 Å². The van der Waals surface area contributed by atoms with Gasteiger partial charge in [-0.1, -0.05) is 39.0 Å². The van der Waals surface area contributed by atoms with E-state index in [4.69, 9.17) is 0 Å². The number of hydrogen-bond acceptors (Lipinski definition) is 2. The molecule has 1 saturated carbocycles. The fourth-order valence-electron chi connectivity index (χ4n) is 1.65. The molecule has 0 spiro atoms. The van der Waals surface area contributed by atoms with Crippen LogP contribution in [0.3, 0.4) is 0 Å². The van der Waals surface area contributed by atoms with E-state index >= 15 is 0 Å². The number of terminal acetylenes is 1. The minimum Gasteiger partial charge on any atom is -0.448 e. The number of hydrogen-bond donors (Lipinski definition) is 1. The zero-order valence-electron chi connectivity index (χ0n) is 9.50. The molecule has 2 aliphatic rings. The molecule has 1 saturated heterocycles. The van der Waals surface area contributed by atoms with Crippen LogP contribution in [0.1, 0.15) is 39.0 Å². The Hall–Kier alpha value is -1.17. The Kier molecular flexibility index (Phi) is 8.66. The monoisotopic (exact) mass is 211 g/mol. The highest BCUT2D eigenvalue weighted by Gasteiger charge is 2.06. The molecule has 0 bridgehead atoms. The van der Waals surface area contributed by atoms with E-state index in [0.29, 0.717) is 13.2 Å². The van der Waals surface area contributed by atoms with Gasteiger partial charge >= 0.3 is 6.09 Å². The molecule has 1 amide bonds. The minimum absolute atomic E-state index is 0.296. The molecule has 0 radical (unpaired) electrons. The maximum Gasteiger partial charge on any atom is 0.407 e. The van der Waals surface area contributed by atoms with Gasteiger partial charge in [-0.15, -0.1) is 12.8 Å². The number of rotatable bonds is 0. The van der Waals surface area contributed by atoms with Crippen LogP contribution in [0, 0.1) is 18.8 Å². The van der Waals surface area contributed by atoms with Crippen molar-refractivity contribution in [2.45, 2.75) is 39.0 Å². The summed E-state index contributed by atoms with van der Waals surface area (Å²) in [6.45, 7) is 3.55. The van der Waals surface area contributed by atoms with Crippen LogP contribution in [0.25, 0.3) is 0 Å². The van der Waals surface area contributed by atoms with Crippen molar-refractivity contribution in [3.8, 4) is 12.8 Å². The summed E-state index contributed by atoms with van der Waals surface area (Å²) in [6.07, 6.45) is 15.1. The molecule has 0 atom stereocenters. The molecule has 15 heavy (non-hydrogen) atoms. The van der Waals surface area contributed by atoms with Crippen LogP contribution in [-0.2, 0) is 4.74 Å². The maximum absolute atomic E-state index is 9.91. The van der Waals surface area contributed by atoms with E-state index in [1.165, 1.54) is 32.1 Å². The van der Waals surface area contributed by atoms with Gasteiger partial charge in [0.25, 0.3) is 0 Å². The van der Waals surface area contributed by atoms with Gasteiger partial charge in [-0.05, 0) is 5.92 Å². The molecule has 3 nitrogen and oxygen atoms in total. The fourth-order valence-corrected chi connectivity index (χ4v) is 1.65. The number of ether oxygens (including phenoxy) is 1. The van der Waals surface area contributed by atoms with E-state index in [2.05, 4.69) is 29.8 Å². The van der Waals surface area contributed by atoms with Crippen LogP contribution < -0.4 is 5.32 Å².